The van der Waals surface area contributed by atoms with Gasteiger partial charge in [0.25, 0.3) is 5.56 Å². The molecule has 2 heterocycles. The van der Waals surface area contributed by atoms with Crippen LogP contribution in [0.2, 0.25) is 0 Å². The zero-order valence-corrected chi connectivity index (χ0v) is 21.9. The number of H-pyrrole nitrogens is 1. The first-order valence-electron chi connectivity index (χ1n) is 12.6. The van der Waals surface area contributed by atoms with Crippen molar-refractivity contribution in [3.05, 3.63) is 141 Å². The zero-order chi connectivity index (χ0) is 28.5. The highest BCUT2D eigenvalue weighted by Crippen LogP contribution is 2.57. The fourth-order valence-corrected chi connectivity index (χ4v) is 5.89. The van der Waals surface area contributed by atoms with Crippen molar-refractivity contribution in [1.29, 1.82) is 0 Å². The summed E-state index contributed by atoms with van der Waals surface area (Å²) in [6, 6.07) is 28.3. The van der Waals surface area contributed by atoms with Crippen molar-refractivity contribution < 1.29 is 29.5 Å². The Balaban J connectivity index is 2.02. The van der Waals surface area contributed by atoms with E-state index < -0.39 is 46.7 Å². The van der Waals surface area contributed by atoms with Crippen molar-refractivity contribution in [3.63, 3.8) is 0 Å². The van der Waals surface area contributed by atoms with Gasteiger partial charge in [-0.2, -0.15) is 0 Å². The minimum atomic E-state index is -2.52. The number of ether oxygens (including phenoxy) is 3. The highest BCUT2D eigenvalue weighted by atomic mass is 16.8. The van der Waals surface area contributed by atoms with E-state index in [0.717, 1.165) is 24.9 Å². The van der Waals surface area contributed by atoms with Gasteiger partial charge in [0.15, 0.2) is 11.8 Å². The smallest absolute Gasteiger partial charge is 0.330 e. The number of nitrogens with one attached hydrogen (secondary N) is 1. The predicted octanol–water partition coefficient (Wildman–Crippen LogP) is 1.28. The van der Waals surface area contributed by atoms with E-state index in [0.29, 0.717) is 16.7 Å². The number of aliphatic hydroxyl groups excluding tert-OH is 2. The molecule has 0 radical (unpaired) electrons. The molecule has 0 amide bonds. The van der Waals surface area contributed by atoms with Crippen LogP contribution in [0.3, 0.4) is 0 Å². The molecule has 0 bridgehead atoms. The molecule has 4 aromatic rings. The van der Waals surface area contributed by atoms with Crippen LogP contribution in [-0.2, 0) is 25.4 Å². The Kier molecular flexibility index (Phi) is 7.32. The third-order valence-corrected chi connectivity index (χ3v) is 7.63. The van der Waals surface area contributed by atoms with E-state index in [1.165, 1.54) is 6.20 Å². The van der Waals surface area contributed by atoms with Gasteiger partial charge in [0, 0.05) is 26.5 Å². The van der Waals surface area contributed by atoms with Crippen LogP contribution < -0.4 is 11.2 Å². The maximum atomic E-state index is 13.6. The van der Waals surface area contributed by atoms with Crippen molar-refractivity contribution in [2.45, 2.75) is 35.4 Å². The molecule has 0 unspecified atom stereocenters. The highest BCUT2D eigenvalue weighted by molar-refractivity contribution is 5.54. The van der Waals surface area contributed by atoms with Gasteiger partial charge in [0.05, 0.1) is 5.41 Å². The SMILES string of the molecule is COC(O)(OC)[C@H]1O[C@](n2ccc(=O)[nH]c2=O)(C(c2ccccc2)(c2ccccc2)c2ccccc2)[C@H](O)[C@@H]1O. The second-order valence-corrected chi connectivity index (χ2v) is 9.54. The summed E-state index contributed by atoms with van der Waals surface area (Å²) in [5.74, 6) is -2.52. The molecular formula is C30H30N2O8. The third kappa shape index (κ3) is 3.96. The van der Waals surface area contributed by atoms with Crippen LogP contribution >= 0.6 is 0 Å². The molecule has 1 saturated heterocycles. The number of benzene rings is 3. The summed E-state index contributed by atoms with van der Waals surface area (Å²) in [5.41, 5.74) is -3.65. The first-order valence-corrected chi connectivity index (χ1v) is 12.6. The summed E-state index contributed by atoms with van der Waals surface area (Å²) in [4.78, 5) is 28.1. The number of hydrogen-bond acceptors (Lipinski definition) is 8. The van der Waals surface area contributed by atoms with E-state index in [-0.39, 0.29) is 0 Å². The van der Waals surface area contributed by atoms with E-state index in [1.54, 1.807) is 36.4 Å². The van der Waals surface area contributed by atoms with E-state index >= 15 is 0 Å². The summed E-state index contributed by atoms with van der Waals surface area (Å²) in [5, 5.41) is 34.9. The van der Waals surface area contributed by atoms with Gasteiger partial charge in [-0.25, -0.2) is 4.79 Å². The second-order valence-electron chi connectivity index (χ2n) is 9.54. The quantitative estimate of drug-likeness (QED) is 0.191. The van der Waals surface area contributed by atoms with Gasteiger partial charge in [0.2, 0.25) is 0 Å². The molecule has 4 atom stereocenters. The Morgan fingerprint density at radius 2 is 1.25 bits per heavy atom. The Labute approximate surface area is 229 Å². The van der Waals surface area contributed by atoms with Crippen molar-refractivity contribution in [2.24, 2.45) is 0 Å². The summed E-state index contributed by atoms with van der Waals surface area (Å²) in [6.45, 7) is 0. The van der Waals surface area contributed by atoms with Crippen LogP contribution in [0.25, 0.3) is 0 Å². The number of nitrogens with zero attached hydrogens (tertiary/aromatic N) is 1. The summed E-state index contributed by atoms with van der Waals surface area (Å²) < 4.78 is 18.0. The number of aromatic amines is 1. The minimum Gasteiger partial charge on any atom is -0.387 e. The van der Waals surface area contributed by atoms with Gasteiger partial charge in [-0.1, -0.05) is 91.0 Å². The van der Waals surface area contributed by atoms with Crippen molar-refractivity contribution in [1.82, 2.24) is 9.55 Å². The van der Waals surface area contributed by atoms with Crippen molar-refractivity contribution in [3.8, 4) is 0 Å². The Morgan fingerprint density at radius 1 is 0.800 bits per heavy atom. The lowest BCUT2D eigenvalue weighted by molar-refractivity contribution is -0.396. The number of aliphatic hydroxyl groups is 3. The monoisotopic (exact) mass is 546 g/mol. The van der Waals surface area contributed by atoms with E-state index in [2.05, 4.69) is 4.98 Å². The molecule has 1 aliphatic heterocycles. The van der Waals surface area contributed by atoms with Crippen LogP contribution in [0.1, 0.15) is 16.7 Å². The minimum absolute atomic E-state index is 0.579. The van der Waals surface area contributed by atoms with Gasteiger partial charge >= 0.3 is 11.7 Å². The van der Waals surface area contributed by atoms with Crippen molar-refractivity contribution in [2.75, 3.05) is 14.2 Å². The first-order chi connectivity index (χ1) is 19.3. The van der Waals surface area contributed by atoms with Crippen LogP contribution in [0.4, 0.5) is 0 Å². The molecule has 10 nitrogen and oxygen atoms in total. The fourth-order valence-electron chi connectivity index (χ4n) is 5.89. The number of hydrogen-bond donors (Lipinski definition) is 4. The van der Waals surface area contributed by atoms with E-state index in [1.807, 2.05) is 54.6 Å². The number of rotatable bonds is 8. The number of aromatic nitrogens is 2. The maximum Gasteiger partial charge on any atom is 0.330 e. The van der Waals surface area contributed by atoms with Crippen LogP contribution in [0.15, 0.2) is 113 Å². The summed E-state index contributed by atoms with van der Waals surface area (Å²) >= 11 is 0. The predicted molar refractivity (Wildman–Crippen MR) is 144 cm³/mol. The highest BCUT2D eigenvalue weighted by Gasteiger charge is 2.71. The third-order valence-electron chi connectivity index (χ3n) is 7.63. The lowest BCUT2D eigenvalue weighted by Crippen LogP contribution is -2.64. The van der Waals surface area contributed by atoms with Gasteiger partial charge < -0.3 is 29.5 Å². The molecule has 10 heteroatoms. The van der Waals surface area contributed by atoms with Crippen molar-refractivity contribution >= 4 is 0 Å². The maximum absolute atomic E-state index is 13.6. The van der Waals surface area contributed by atoms with Crippen LogP contribution in [-0.4, -0.2) is 63.4 Å². The van der Waals surface area contributed by atoms with E-state index in [4.69, 9.17) is 14.2 Å². The summed E-state index contributed by atoms with van der Waals surface area (Å²) in [6.07, 6.45) is -4.24. The van der Waals surface area contributed by atoms with Crippen LogP contribution in [0.5, 0.6) is 0 Å². The molecule has 1 fully saturated rings. The second kappa shape index (κ2) is 10.6. The Bertz CT molecular complexity index is 1460. The fraction of sp³-hybridized carbons (Fsp3) is 0.267. The molecule has 5 rings (SSSR count). The topological polar surface area (TPSA) is 143 Å². The van der Waals surface area contributed by atoms with E-state index in [9.17, 15) is 24.9 Å². The normalized spacial score (nSPS) is 23.3. The molecule has 0 saturated carbocycles. The molecular weight excluding hydrogens is 516 g/mol. The molecule has 3 aromatic carbocycles. The Hall–Kier alpha value is -3.90. The largest absolute Gasteiger partial charge is 0.387 e. The lowest BCUT2D eigenvalue weighted by atomic mass is 9.60. The molecule has 4 N–H and O–H groups in total. The van der Waals surface area contributed by atoms with Crippen LogP contribution in [0, 0.1) is 0 Å². The molecule has 208 valence electrons. The molecule has 40 heavy (non-hydrogen) atoms. The average Bonchev–Trinajstić information content (AvgIpc) is 3.26. The number of methoxy groups -OCH3 is 2. The van der Waals surface area contributed by atoms with Gasteiger partial charge in [-0.05, 0) is 16.7 Å². The average molecular weight is 547 g/mol. The molecule has 0 aliphatic carbocycles. The standard InChI is InChI=1S/C30H30N2O8/c1-38-30(37,39-2)26-24(34)25(35)29(40-26,32-19-18-23(33)31-27(32)36)28(20-12-6-3-7-13-20,21-14-8-4-9-15-21)22-16-10-5-11-17-22/h3-19,24-26,34-35,37H,1-2H3,(H,31,33,36)/t24-,25+,26-,29-/m0/s1. The van der Waals surface area contributed by atoms with Gasteiger partial charge in [-0.15, -0.1) is 0 Å². The zero-order valence-electron chi connectivity index (χ0n) is 21.9. The lowest BCUT2D eigenvalue weighted by Gasteiger charge is -2.51. The Morgan fingerprint density at radius 3 is 1.65 bits per heavy atom. The molecule has 0 spiro atoms. The molecule has 1 aliphatic rings. The first kappa shape index (κ1) is 27.7. The van der Waals surface area contributed by atoms with Gasteiger partial charge in [-0.3, -0.25) is 14.3 Å². The summed E-state index contributed by atoms with van der Waals surface area (Å²) in [7, 11) is 2.30. The molecule has 1 aromatic heterocycles. The van der Waals surface area contributed by atoms with Gasteiger partial charge in [0.1, 0.15) is 12.2 Å².